The maximum atomic E-state index is 12.6. The summed E-state index contributed by atoms with van der Waals surface area (Å²) >= 11 is 0. The van der Waals surface area contributed by atoms with Crippen molar-refractivity contribution in [1.82, 2.24) is 4.90 Å². The van der Waals surface area contributed by atoms with Crippen LogP contribution < -0.4 is 10.2 Å². The summed E-state index contributed by atoms with van der Waals surface area (Å²) in [5.74, 6) is 0.0167. The van der Waals surface area contributed by atoms with Gasteiger partial charge in [-0.05, 0) is 25.0 Å². The molecule has 2 N–H and O–H groups in total. The van der Waals surface area contributed by atoms with Gasteiger partial charge >= 0.3 is 0 Å². The van der Waals surface area contributed by atoms with Crippen molar-refractivity contribution in [1.29, 1.82) is 0 Å². The molecule has 6 heteroatoms. The lowest BCUT2D eigenvalue weighted by molar-refractivity contribution is -0.913. The molecule has 6 nitrogen and oxygen atoms in total. The minimum absolute atomic E-state index is 0.00141. The Bertz CT molecular complexity index is 689. The van der Waals surface area contributed by atoms with Crippen LogP contribution in [0.1, 0.15) is 38.5 Å². The number of fused-ring (bicyclic) bond motifs is 1. The van der Waals surface area contributed by atoms with Crippen LogP contribution >= 0.6 is 0 Å². The number of likely N-dealkylation sites (tertiary alicyclic amines) is 2. The number of carbonyl (C=O) groups is 3. The molecule has 144 valence electrons. The molecule has 2 saturated heterocycles. The first kappa shape index (κ1) is 18.2. The molecule has 0 spiro atoms. The van der Waals surface area contributed by atoms with Crippen LogP contribution in [0.4, 0.5) is 5.69 Å². The molecule has 3 fully saturated rings. The highest BCUT2D eigenvalue weighted by Gasteiger charge is 2.49. The van der Waals surface area contributed by atoms with E-state index < -0.39 is 0 Å². The minimum Gasteiger partial charge on any atom is -0.326 e. The lowest BCUT2D eigenvalue weighted by Crippen LogP contribution is -3.14. The van der Waals surface area contributed by atoms with E-state index in [-0.39, 0.29) is 35.5 Å². The number of nitrogens with one attached hydrogen (secondary N) is 2. The standard InChI is InChI=1S/C21H27N3O3/c25-19(22-16-6-2-1-3-7-16)15-10-12-23(13-11-15)14-24-20(26)17-8-4-5-9-18(17)21(24)27/h1-3,6-7,15,17-18H,4-5,8-14H2,(H,22,25)/p+1/t17-,18+. The molecular weight excluding hydrogens is 342 g/mol. The molecule has 1 saturated carbocycles. The summed E-state index contributed by atoms with van der Waals surface area (Å²) in [7, 11) is 0. The van der Waals surface area contributed by atoms with E-state index in [1.54, 1.807) is 0 Å². The number of imide groups is 1. The van der Waals surface area contributed by atoms with Gasteiger partial charge in [0, 0.05) is 24.4 Å². The molecule has 1 aliphatic carbocycles. The zero-order valence-corrected chi connectivity index (χ0v) is 15.7. The number of anilines is 1. The number of amides is 3. The van der Waals surface area contributed by atoms with Gasteiger partial charge in [0.1, 0.15) is 0 Å². The Morgan fingerprint density at radius 1 is 0.963 bits per heavy atom. The minimum atomic E-state index is -0.0696. The van der Waals surface area contributed by atoms with E-state index >= 15 is 0 Å². The van der Waals surface area contributed by atoms with Crippen LogP contribution in [0.5, 0.6) is 0 Å². The molecule has 27 heavy (non-hydrogen) atoms. The first-order valence-electron chi connectivity index (χ1n) is 10.2. The Balaban J connectivity index is 1.29. The van der Waals surface area contributed by atoms with E-state index in [0.29, 0.717) is 6.67 Å². The number of carbonyl (C=O) groups excluding carboxylic acids is 3. The van der Waals surface area contributed by atoms with Gasteiger partial charge < -0.3 is 10.2 Å². The molecule has 0 bridgehead atoms. The second-order valence-corrected chi connectivity index (χ2v) is 8.14. The molecule has 0 radical (unpaired) electrons. The van der Waals surface area contributed by atoms with Crippen molar-refractivity contribution >= 4 is 23.4 Å². The van der Waals surface area contributed by atoms with Crippen LogP contribution in [0.3, 0.4) is 0 Å². The van der Waals surface area contributed by atoms with Crippen molar-refractivity contribution in [2.45, 2.75) is 38.5 Å². The van der Waals surface area contributed by atoms with Crippen molar-refractivity contribution in [3.05, 3.63) is 30.3 Å². The van der Waals surface area contributed by atoms with E-state index in [9.17, 15) is 14.4 Å². The number of hydrogen-bond donors (Lipinski definition) is 2. The number of hydrogen-bond acceptors (Lipinski definition) is 3. The van der Waals surface area contributed by atoms with Gasteiger partial charge in [0.15, 0.2) is 6.67 Å². The molecule has 2 heterocycles. The fourth-order valence-corrected chi connectivity index (χ4v) is 4.82. The van der Waals surface area contributed by atoms with Crippen molar-refractivity contribution in [3.63, 3.8) is 0 Å². The number of quaternary nitrogens is 1. The second kappa shape index (κ2) is 7.80. The van der Waals surface area contributed by atoms with Gasteiger partial charge in [0.05, 0.1) is 24.9 Å². The average molecular weight is 370 g/mol. The maximum Gasteiger partial charge on any atom is 0.237 e. The summed E-state index contributed by atoms with van der Waals surface area (Å²) < 4.78 is 0. The molecule has 4 rings (SSSR count). The highest BCUT2D eigenvalue weighted by molar-refractivity contribution is 6.05. The number of rotatable bonds is 4. The number of nitrogens with zero attached hydrogens (tertiary/aromatic N) is 1. The summed E-state index contributed by atoms with van der Waals surface area (Å²) in [4.78, 5) is 40.5. The second-order valence-electron chi connectivity index (χ2n) is 8.14. The van der Waals surface area contributed by atoms with Crippen LogP contribution in [0.15, 0.2) is 30.3 Å². The Hall–Kier alpha value is -2.21. The summed E-state index contributed by atoms with van der Waals surface area (Å²) in [5, 5.41) is 2.98. The van der Waals surface area contributed by atoms with E-state index in [1.165, 1.54) is 9.80 Å². The van der Waals surface area contributed by atoms with Crippen molar-refractivity contribution in [2.75, 3.05) is 25.1 Å². The topological polar surface area (TPSA) is 70.9 Å². The normalized spacial score (nSPS) is 30.9. The highest BCUT2D eigenvalue weighted by atomic mass is 16.2. The summed E-state index contributed by atoms with van der Waals surface area (Å²) in [6.45, 7) is 2.11. The number of benzene rings is 1. The predicted octanol–water partition coefficient (Wildman–Crippen LogP) is 1.05. The molecule has 0 unspecified atom stereocenters. The lowest BCUT2D eigenvalue weighted by Gasteiger charge is -2.30. The van der Waals surface area contributed by atoms with Gasteiger partial charge in [0.25, 0.3) is 0 Å². The van der Waals surface area contributed by atoms with E-state index in [1.807, 2.05) is 30.3 Å². The monoisotopic (exact) mass is 370 g/mol. The van der Waals surface area contributed by atoms with Crippen molar-refractivity contribution in [2.24, 2.45) is 17.8 Å². The Morgan fingerprint density at radius 2 is 1.56 bits per heavy atom. The SMILES string of the molecule is O=C(Nc1ccccc1)C1CC[NH+](CN2C(=O)[C@H]3CCCC[C@H]3C2=O)CC1. The maximum absolute atomic E-state index is 12.6. The average Bonchev–Trinajstić information content (AvgIpc) is 2.94. The van der Waals surface area contributed by atoms with Crippen LogP contribution in [0.2, 0.25) is 0 Å². The fraction of sp³-hybridized carbons (Fsp3) is 0.571. The summed E-state index contributed by atoms with van der Waals surface area (Å²) in [6.07, 6.45) is 5.42. The van der Waals surface area contributed by atoms with Crippen LogP contribution in [-0.2, 0) is 14.4 Å². The molecule has 2 atom stereocenters. The number of piperidine rings is 1. The van der Waals surface area contributed by atoms with Gasteiger partial charge in [-0.15, -0.1) is 0 Å². The first-order chi connectivity index (χ1) is 13.1. The smallest absolute Gasteiger partial charge is 0.237 e. The largest absolute Gasteiger partial charge is 0.326 e. The van der Waals surface area contributed by atoms with Gasteiger partial charge in [-0.25, -0.2) is 4.90 Å². The van der Waals surface area contributed by atoms with E-state index in [4.69, 9.17) is 0 Å². The van der Waals surface area contributed by atoms with Gasteiger partial charge in [0.2, 0.25) is 17.7 Å². The van der Waals surface area contributed by atoms with Gasteiger partial charge in [-0.3, -0.25) is 14.4 Å². The Labute approximate surface area is 159 Å². The highest BCUT2D eigenvalue weighted by Crippen LogP contribution is 2.37. The Morgan fingerprint density at radius 3 is 2.15 bits per heavy atom. The van der Waals surface area contributed by atoms with Crippen molar-refractivity contribution < 1.29 is 19.3 Å². The first-order valence-corrected chi connectivity index (χ1v) is 10.2. The van der Waals surface area contributed by atoms with Gasteiger partial charge in [-0.1, -0.05) is 31.0 Å². The fourth-order valence-electron chi connectivity index (χ4n) is 4.82. The summed E-state index contributed by atoms with van der Waals surface area (Å²) in [6, 6.07) is 9.52. The number of para-hydroxylation sites is 1. The van der Waals surface area contributed by atoms with Crippen LogP contribution in [-0.4, -0.2) is 42.4 Å². The zero-order chi connectivity index (χ0) is 18.8. The third-order valence-electron chi connectivity index (χ3n) is 6.42. The predicted molar refractivity (Wildman–Crippen MR) is 101 cm³/mol. The molecule has 1 aromatic carbocycles. The third kappa shape index (κ3) is 3.76. The quantitative estimate of drug-likeness (QED) is 0.779. The van der Waals surface area contributed by atoms with Gasteiger partial charge in [-0.2, -0.15) is 0 Å². The molecule has 2 aliphatic heterocycles. The van der Waals surface area contributed by atoms with Crippen LogP contribution in [0.25, 0.3) is 0 Å². The lowest BCUT2D eigenvalue weighted by atomic mass is 9.81. The van der Waals surface area contributed by atoms with Crippen molar-refractivity contribution in [3.8, 4) is 0 Å². The molecule has 1 aromatic rings. The molecule has 3 amide bonds. The zero-order valence-electron chi connectivity index (χ0n) is 15.7. The van der Waals surface area contributed by atoms with E-state index in [0.717, 1.165) is 57.3 Å². The molecular formula is C21H28N3O3+. The van der Waals surface area contributed by atoms with Crippen LogP contribution in [0, 0.1) is 17.8 Å². The molecule has 0 aromatic heterocycles. The third-order valence-corrected chi connectivity index (χ3v) is 6.42. The molecule has 3 aliphatic rings. The van der Waals surface area contributed by atoms with E-state index in [2.05, 4.69) is 5.32 Å². The summed E-state index contributed by atoms with van der Waals surface area (Å²) in [5.41, 5.74) is 0.827. The Kier molecular flexibility index (Phi) is 5.25.